The van der Waals surface area contributed by atoms with E-state index in [-0.39, 0.29) is 29.2 Å². The van der Waals surface area contributed by atoms with Crippen molar-refractivity contribution >= 4 is 5.91 Å². The number of alkyl halides is 2. The summed E-state index contributed by atoms with van der Waals surface area (Å²) in [5.41, 5.74) is 1.20. The Morgan fingerprint density at radius 1 is 1.04 bits per heavy atom. The Labute approximate surface area is 145 Å². The van der Waals surface area contributed by atoms with Gasteiger partial charge in [-0.15, -0.1) is 0 Å². The number of nitrogens with one attached hydrogen (secondary N) is 1. The molecule has 1 amide bonds. The van der Waals surface area contributed by atoms with Crippen molar-refractivity contribution in [3.05, 3.63) is 59.7 Å². The number of carbonyl (C=O) groups is 1. The summed E-state index contributed by atoms with van der Waals surface area (Å²) < 4.78 is 34.1. The minimum atomic E-state index is -2.93. The van der Waals surface area contributed by atoms with Gasteiger partial charge in [-0.25, -0.2) is 0 Å². The number of hydrogen-bond donors (Lipinski definition) is 1. The van der Waals surface area contributed by atoms with E-state index in [1.807, 2.05) is 38.1 Å². The minimum absolute atomic E-state index is 0.0480. The van der Waals surface area contributed by atoms with Crippen molar-refractivity contribution in [2.45, 2.75) is 26.5 Å². The molecule has 0 bridgehead atoms. The highest BCUT2D eigenvalue weighted by molar-refractivity contribution is 5.94. The van der Waals surface area contributed by atoms with E-state index in [2.05, 4.69) is 10.1 Å². The zero-order valence-corrected chi connectivity index (χ0v) is 14.3. The summed E-state index contributed by atoms with van der Waals surface area (Å²) in [6.45, 7) is 1.05. The maximum Gasteiger partial charge on any atom is 0.387 e. The van der Waals surface area contributed by atoms with Crippen LogP contribution >= 0.6 is 0 Å². The van der Waals surface area contributed by atoms with E-state index in [0.29, 0.717) is 0 Å². The fourth-order valence-corrected chi connectivity index (χ4v) is 2.48. The topological polar surface area (TPSA) is 47.6 Å². The number of carbonyl (C=O) groups excluding carboxylic acids is 1. The molecule has 25 heavy (non-hydrogen) atoms. The second kappa shape index (κ2) is 8.46. The van der Waals surface area contributed by atoms with Crippen molar-refractivity contribution in [3.8, 4) is 11.5 Å². The number of rotatable bonds is 7. The molecule has 0 aliphatic rings. The summed E-state index contributed by atoms with van der Waals surface area (Å²) in [6, 6.07) is 12.9. The van der Waals surface area contributed by atoms with Gasteiger partial charge < -0.3 is 14.8 Å². The third-order valence-corrected chi connectivity index (χ3v) is 3.75. The average molecular weight is 349 g/mol. The first-order valence-corrected chi connectivity index (χ1v) is 7.90. The van der Waals surface area contributed by atoms with Crippen LogP contribution in [-0.2, 0) is 0 Å². The quantitative estimate of drug-likeness (QED) is 0.805. The summed E-state index contributed by atoms with van der Waals surface area (Å²) in [7, 11) is 1.59. The first-order chi connectivity index (χ1) is 11.9. The Bertz CT molecular complexity index is 702. The highest BCUT2D eigenvalue weighted by atomic mass is 19.3. The Morgan fingerprint density at radius 2 is 1.72 bits per heavy atom. The molecule has 0 spiro atoms. The SMILES string of the molecule is COc1ccc([C@H](NC(=O)c2cccc(OC(F)F)c2)C(C)C)cc1. The predicted octanol–water partition coefficient (Wildman–Crippen LogP) is 4.42. The molecule has 2 aromatic rings. The van der Waals surface area contributed by atoms with Gasteiger partial charge in [-0.3, -0.25) is 4.79 Å². The molecular formula is C19H21F2NO3. The van der Waals surface area contributed by atoms with Crippen LogP contribution in [-0.4, -0.2) is 19.6 Å². The molecule has 2 aromatic carbocycles. The zero-order valence-electron chi connectivity index (χ0n) is 14.3. The van der Waals surface area contributed by atoms with Crippen LogP contribution in [0.15, 0.2) is 48.5 Å². The Kier molecular flexibility index (Phi) is 6.33. The molecular weight excluding hydrogens is 328 g/mol. The second-order valence-corrected chi connectivity index (χ2v) is 5.87. The van der Waals surface area contributed by atoms with E-state index in [9.17, 15) is 13.6 Å². The molecule has 134 valence electrons. The third-order valence-electron chi connectivity index (χ3n) is 3.75. The molecule has 0 radical (unpaired) electrons. The molecule has 6 heteroatoms. The number of hydrogen-bond acceptors (Lipinski definition) is 3. The maximum atomic E-state index is 12.5. The summed E-state index contributed by atoms with van der Waals surface area (Å²) in [5.74, 6) is 0.467. The van der Waals surface area contributed by atoms with Crippen LogP contribution in [0.3, 0.4) is 0 Å². The van der Waals surface area contributed by atoms with Gasteiger partial charge in [0.1, 0.15) is 11.5 Å². The summed E-state index contributed by atoms with van der Waals surface area (Å²) in [4.78, 5) is 12.5. The van der Waals surface area contributed by atoms with Gasteiger partial charge in [0, 0.05) is 5.56 Å². The van der Waals surface area contributed by atoms with Gasteiger partial charge in [0.05, 0.1) is 13.2 Å². The van der Waals surface area contributed by atoms with Crippen molar-refractivity contribution in [2.24, 2.45) is 5.92 Å². The second-order valence-electron chi connectivity index (χ2n) is 5.87. The van der Waals surface area contributed by atoms with Crippen LogP contribution < -0.4 is 14.8 Å². The maximum absolute atomic E-state index is 12.5. The Morgan fingerprint density at radius 3 is 2.28 bits per heavy atom. The van der Waals surface area contributed by atoms with E-state index < -0.39 is 6.61 Å². The lowest BCUT2D eigenvalue weighted by atomic mass is 9.95. The summed E-state index contributed by atoms with van der Waals surface area (Å²) in [6.07, 6.45) is 0. The van der Waals surface area contributed by atoms with Crippen LogP contribution in [0.2, 0.25) is 0 Å². The monoisotopic (exact) mass is 349 g/mol. The van der Waals surface area contributed by atoms with Gasteiger partial charge in [0.15, 0.2) is 0 Å². The lowest BCUT2D eigenvalue weighted by Gasteiger charge is -2.23. The number of ether oxygens (including phenoxy) is 2. The van der Waals surface area contributed by atoms with E-state index in [4.69, 9.17) is 4.74 Å². The van der Waals surface area contributed by atoms with Crippen molar-refractivity contribution < 1.29 is 23.0 Å². The normalized spacial score (nSPS) is 12.1. The van der Waals surface area contributed by atoms with Gasteiger partial charge in [-0.2, -0.15) is 8.78 Å². The third kappa shape index (κ3) is 5.17. The van der Waals surface area contributed by atoms with Crippen LogP contribution in [0.1, 0.15) is 35.8 Å². The Hall–Kier alpha value is -2.63. The zero-order chi connectivity index (χ0) is 18.4. The molecule has 2 rings (SSSR count). The van der Waals surface area contributed by atoms with Crippen molar-refractivity contribution in [3.63, 3.8) is 0 Å². The van der Waals surface area contributed by atoms with Crippen LogP contribution in [0.5, 0.6) is 11.5 Å². The molecule has 1 atom stereocenters. The molecule has 0 saturated carbocycles. The molecule has 0 aliphatic heterocycles. The van der Waals surface area contributed by atoms with Crippen LogP contribution in [0, 0.1) is 5.92 Å². The van der Waals surface area contributed by atoms with Crippen LogP contribution in [0.25, 0.3) is 0 Å². The number of methoxy groups -OCH3 is 1. The van der Waals surface area contributed by atoms with Crippen molar-refractivity contribution in [1.29, 1.82) is 0 Å². The van der Waals surface area contributed by atoms with Gasteiger partial charge in [0.25, 0.3) is 5.91 Å². The number of benzene rings is 2. The lowest BCUT2D eigenvalue weighted by Crippen LogP contribution is -2.31. The van der Waals surface area contributed by atoms with Crippen LogP contribution in [0.4, 0.5) is 8.78 Å². The standard InChI is InChI=1S/C19H21F2NO3/c1-12(2)17(13-7-9-15(24-3)10-8-13)22-18(23)14-5-4-6-16(11-14)25-19(20)21/h4-12,17,19H,1-3H3,(H,22,23)/t17-/m1/s1. The van der Waals surface area contributed by atoms with Gasteiger partial charge in [-0.1, -0.05) is 32.0 Å². The average Bonchev–Trinajstić information content (AvgIpc) is 2.59. The minimum Gasteiger partial charge on any atom is -0.497 e. The smallest absolute Gasteiger partial charge is 0.387 e. The summed E-state index contributed by atoms with van der Waals surface area (Å²) >= 11 is 0. The number of amides is 1. The van der Waals surface area contributed by atoms with Gasteiger partial charge in [0.2, 0.25) is 0 Å². The van der Waals surface area contributed by atoms with E-state index in [1.165, 1.54) is 18.2 Å². The first-order valence-electron chi connectivity index (χ1n) is 7.90. The lowest BCUT2D eigenvalue weighted by molar-refractivity contribution is -0.0498. The summed E-state index contributed by atoms with van der Waals surface area (Å²) in [5, 5.41) is 2.94. The molecule has 1 N–H and O–H groups in total. The Balaban J connectivity index is 2.17. The van der Waals surface area contributed by atoms with E-state index in [1.54, 1.807) is 13.2 Å². The molecule has 0 unspecified atom stereocenters. The van der Waals surface area contributed by atoms with Crippen molar-refractivity contribution in [1.82, 2.24) is 5.32 Å². The van der Waals surface area contributed by atoms with E-state index in [0.717, 1.165) is 11.3 Å². The molecule has 4 nitrogen and oxygen atoms in total. The van der Waals surface area contributed by atoms with Gasteiger partial charge in [-0.05, 0) is 41.8 Å². The highest BCUT2D eigenvalue weighted by Gasteiger charge is 2.20. The first kappa shape index (κ1) is 18.7. The molecule has 0 aromatic heterocycles. The molecule has 0 saturated heterocycles. The molecule has 0 aliphatic carbocycles. The molecule has 0 heterocycles. The predicted molar refractivity (Wildman–Crippen MR) is 91.1 cm³/mol. The van der Waals surface area contributed by atoms with Gasteiger partial charge >= 0.3 is 6.61 Å². The molecule has 0 fully saturated rings. The van der Waals surface area contributed by atoms with E-state index >= 15 is 0 Å². The largest absolute Gasteiger partial charge is 0.497 e. The number of halogens is 2. The fraction of sp³-hybridized carbons (Fsp3) is 0.316. The van der Waals surface area contributed by atoms with Crippen molar-refractivity contribution in [2.75, 3.05) is 7.11 Å². The highest BCUT2D eigenvalue weighted by Crippen LogP contribution is 2.25. The fourth-order valence-electron chi connectivity index (χ4n) is 2.48.